The van der Waals surface area contributed by atoms with E-state index in [0.29, 0.717) is 12.5 Å². The van der Waals surface area contributed by atoms with Gasteiger partial charge in [0.15, 0.2) is 0 Å². The number of anilines is 1. The van der Waals surface area contributed by atoms with Gasteiger partial charge in [0.1, 0.15) is 5.54 Å². The number of hydrogen-bond acceptors (Lipinski definition) is 6. The van der Waals surface area contributed by atoms with E-state index in [2.05, 4.69) is 20.6 Å². The third-order valence-electron chi connectivity index (χ3n) is 3.49. The lowest BCUT2D eigenvalue weighted by molar-refractivity contribution is -0.130. The lowest BCUT2D eigenvalue weighted by Crippen LogP contribution is -2.40. The molecular formula is C15H17N5O2S. The molecule has 0 bridgehead atoms. The summed E-state index contributed by atoms with van der Waals surface area (Å²) in [4.78, 5) is 34.7. The first-order valence-electron chi connectivity index (χ1n) is 7.22. The number of aromatic nitrogens is 2. The molecule has 0 aromatic carbocycles. The maximum atomic E-state index is 12.1. The minimum atomic E-state index is -0.841. The molecule has 0 spiro atoms. The number of imide groups is 1. The minimum absolute atomic E-state index is 0.224. The van der Waals surface area contributed by atoms with Crippen LogP contribution >= 0.6 is 11.3 Å². The van der Waals surface area contributed by atoms with Crippen LogP contribution in [0.25, 0.3) is 10.6 Å². The summed E-state index contributed by atoms with van der Waals surface area (Å²) in [6, 6.07) is 5.44. The number of hydrogen-bond donors (Lipinski definition) is 2. The molecule has 0 saturated carbocycles. The quantitative estimate of drug-likeness (QED) is 0.818. The fourth-order valence-electron chi connectivity index (χ4n) is 2.31. The zero-order valence-electron chi connectivity index (χ0n) is 12.9. The van der Waals surface area contributed by atoms with E-state index in [1.807, 2.05) is 23.6 Å². The molecule has 7 nitrogen and oxygen atoms in total. The summed E-state index contributed by atoms with van der Waals surface area (Å²) in [5, 5.41) is 7.69. The molecule has 0 unspecified atom stereocenters. The van der Waals surface area contributed by atoms with E-state index in [0.717, 1.165) is 10.6 Å². The SMILES string of the molecule is CC1(C)NC(=O)N(CCNc2nccc(-c3cccs3)n2)C1=O. The second kappa shape index (κ2) is 5.96. The molecule has 1 saturated heterocycles. The molecule has 3 heterocycles. The fourth-order valence-corrected chi connectivity index (χ4v) is 3.00. The smallest absolute Gasteiger partial charge is 0.325 e. The minimum Gasteiger partial charge on any atom is -0.352 e. The number of nitrogens with zero attached hydrogens (tertiary/aromatic N) is 3. The van der Waals surface area contributed by atoms with Gasteiger partial charge in [0.05, 0.1) is 10.6 Å². The summed E-state index contributed by atoms with van der Waals surface area (Å²) < 4.78 is 0. The van der Waals surface area contributed by atoms with Crippen LogP contribution in [0, 0.1) is 0 Å². The summed E-state index contributed by atoms with van der Waals surface area (Å²) in [5.74, 6) is 0.250. The van der Waals surface area contributed by atoms with Gasteiger partial charge in [0, 0.05) is 19.3 Å². The Bertz CT molecular complexity index is 729. The molecule has 1 aliphatic rings. The maximum absolute atomic E-state index is 12.1. The van der Waals surface area contributed by atoms with E-state index >= 15 is 0 Å². The molecule has 0 atom stereocenters. The number of rotatable bonds is 5. The van der Waals surface area contributed by atoms with Gasteiger partial charge in [-0.3, -0.25) is 9.69 Å². The molecule has 2 aromatic heterocycles. The van der Waals surface area contributed by atoms with E-state index in [4.69, 9.17) is 0 Å². The van der Waals surface area contributed by atoms with Crippen molar-refractivity contribution in [2.45, 2.75) is 19.4 Å². The second-order valence-electron chi connectivity index (χ2n) is 5.68. The van der Waals surface area contributed by atoms with Gasteiger partial charge in [0.2, 0.25) is 5.95 Å². The predicted molar refractivity (Wildman–Crippen MR) is 88.2 cm³/mol. The molecule has 120 valence electrons. The number of amides is 3. The lowest BCUT2D eigenvalue weighted by atomic mass is 10.1. The predicted octanol–water partition coefficient (Wildman–Crippen LogP) is 1.95. The molecule has 2 N–H and O–H groups in total. The highest BCUT2D eigenvalue weighted by atomic mass is 32.1. The van der Waals surface area contributed by atoms with Crippen LogP contribution < -0.4 is 10.6 Å². The van der Waals surface area contributed by atoms with Gasteiger partial charge in [0.25, 0.3) is 5.91 Å². The van der Waals surface area contributed by atoms with Crippen LogP contribution in [-0.4, -0.2) is 45.4 Å². The van der Waals surface area contributed by atoms with Crippen LogP contribution in [0.1, 0.15) is 13.8 Å². The monoisotopic (exact) mass is 331 g/mol. The number of carbonyl (C=O) groups is 2. The summed E-state index contributed by atoms with van der Waals surface area (Å²) in [6.45, 7) is 4.03. The lowest BCUT2D eigenvalue weighted by Gasteiger charge is -2.16. The number of urea groups is 1. The van der Waals surface area contributed by atoms with E-state index in [1.165, 1.54) is 4.90 Å². The van der Waals surface area contributed by atoms with Crippen LogP contribution in [0.15, 0.2) is 29.8 Å². The van der Waals surface area contributed by atoms with Crippen LogP contribution in [0.5, 0.6) is 0 Å². The third-order valence-corrected chi connectivity index (χ3v) is 4.38. The maximum Gasteiger partial charge on any atom is 0.325 e. The summed E-state index contributed by atoms with van der Waals surface area (Å²) >= 11 is 1.61. The summed E-state index contributed by atoms with van der Waals surface area (Å²) in [7, 11) is 0. The van der Waals surface area contributed by atoms with Crippen molar-refractivity contribution < 1.29 is 9.59 Å². The van der Waals surface area contributed by atoms with Crippen molar-refractivity contribution in [1.82, 2.24) is 20.2 Å². The van der Waals surface area contributed by atoms with E-state index in [9.17, 15) is 9.59 Å². The Morgan fingerprint density at radius 2 is 2.17 bits per heavy atom. The van der Waals surface area contributed by atoms with Gasteiger partial charge in [-0.2, -0.15) is 0 Å². The molecule has 3 amide bonds. The standard InChI is InChI=1S/C15H17N5O2S/c1-15(2)12(21)20(14(22)19-15)8-7-17-13-16-6-5-10(18-13)11-4-3-9-23-11/h3-6,9H,7-8H2,1-2H3,(H,19,22)(H,16,17,18). The molecule has 1 aliphatic heterocycles. The average molecular weight is 331 g/mol. The van der Waals surface area contributed by atoms with E-state index < -0.39 is 5.54 Å². The van der Waals surface area contributed by atoms with Crippen molar-refractivity contribution in [1.29, 1.82) is 0 Å². The zero-order chi connectivity index (χ0) is 16.4. The second-order valence-corrected chi connectivity index (χ2v) is 6.63. The molecule has 23 heavy (non-hydrogen) atoms. The van der Waals surface area contributed by atoms with Gasteiger partial charge >= 0.3 is 6.03 Å². The first-order valence-corrected chi connectivity index (χ1v) is 8.10. The summed E-state index contributed by atoms with van der Waals surface area (Å²) in [5.41, 5.74) is 0.000715. The third kappa shape index (κ3) is 3.16. The van der Waals surface area contributed by atoms with Crippen LogP contribution in [0.2, 0.25) is 0 Å². The highest BCUT2D eigenvalue weighted by Crippen LogP contribution is 2.22. The highest BCUT2D eigenvalue weighted by Gasteiger charge is 2.43. The van der Waals surface area contributed by atoms with Crippen molar-refractivity contribution in [2.24, 2.45) is 0 Å². The largest absolute Gasteiger partial charge is 0.352 e. The topological polar surface area (TPSA) is 87.2 Å². The Labute approximate surface area is 137 Å². The molecule has 3 rings (SSSR count). The molecule has 0 aliphatic carbocycles. The Morgan fingerprint density at radius 3 is 2.83 bits per heavy atom. The Balaban J connectivity index is 1.60. The van der Waals surface area contributed by atoms with Crippen molar-refractivity contribution in [2.75, 3.05) is 18.4 Å². The van der Waals surface area contributed by atoms with Gasteiger partial charge < -0.3 is 10.6 Å². The first-order chi connectivity index (χ1) is 11.0. The molecular weight excluding hydrogens is 314 g/mol. The van der Waals surface area contributed by atoms with E-state index in [-0.39, 0.29) is 18.5 Å². The van der Waals surface area contributed by atoms with E-state index in [1.54, 1.807) is 31.4 Å². The number of nitrogens with one attached hydrogen (secondary N) is 2. The summed E-state index contributed by atoms with van der Waals surface area (Å²) in [6.07, 6.45) is 1.68. The molecule has 1 fully saturated rings. The number of thiophene rings is 1. The van der Waals surface area contributed by atoms with Gasteiger partial charge in [-0.25, -0.2) is 14.8 Å². The van der Waals surface area contributed by atoms with Crippen molar-refractivity contribution in [3.8, 4) is 10.6 Å². The van der Waals surface area contributed by atoms with Crippen molar-refractivity contribution in [3.05, 3.63) is 29.8 Å². The average Bonchev–Trinajstić information content (AvgIpc) is 3.10. The Kier molecular flexibility index (Phi) is 3.99. The molecule has 8 heteroatoms. The van der Waals surface area contributed by atoms with Gasteiger partial charge in [-0.1, -0.05) is 6.07 Å². The fraction of sp³-hybridized carbons (Fsp3) is 0.333. The van der Waals surface area contributed by atoms with Crippen molar-refractivity contribution >= 4 is 29.2 Å². The van der Waals surface area contributed by atoms with Crippen LogP contribution in [-0.2, 0) is 4.79 Å². The number of carbonyl (C=O) groups excluding carboxylic acids is 2. The first kappa shape index (κ1) is 15.4. The molecule has 2 aromatic rings. The van der Waals surface area contributed by atoms with Gasteiger partial charge in [-0.05, 0) is 31.4 Å². The molecule has 0 radical (unpaired) electrons. The van der Waals surface area contributed by atoms with Crippen LogP contribution in [0.4, 0.5) is 10.7 Å². The van der Waals surface area contributed by atoms with Crippen molar-refractivity contribution in [3.63, 3.8) is 0 Å². The normalized spacial score (nSPS) is 16.5. The Morgan fingerprint density at radius 1 is 1.35 bits per heavy atom. The van der Waals surface area contributed by atoms with Crippen LogP contribution in [0.3, 0.4) is 0 Å². The van der Waals surface area contributed by atoms with Gasteiger partial charge in [-0.15, -0.1) is 11.3 Å². The zero-order valence-corrected chi connectivity index (χ0v) is 13.7. The highest BCUT2D eigenvalue weighted by molar-refractivity contribution is 7.13. The Hall–Kier alpha value is -2.48.